The van der Waals surface area contributed by atoms with Crippen LogP contribution in [0.3, 0.4) is 0 Å². The second kappa shape index (κ2) is 8.83. The Kier molecular flexibility index (Phi) is 6.03. The number of benzene rings is 2. The van der Waals surface area contributed by atoms with Gasteiger partial charge in [-0.1, -0.05) is 36.9 Å². The van der Waals surface area contributed by atoms with Crippen molar-refractivity contribution >= 4 is 34.3 Å². The Morgan fingerprint density at radius 1 is 1.24 bits per heavy atom. The van der Waals surface area contributed by atoms with E-state index < -0.39 is 17.9 Å². The Morgan fingerprint density at radius 3 is 2.66 bits per heavy atom. The first-order valence-corrected chi connectivity index (χ1v) is 8.92. The van der Waals surface area contributed by atoms with Crippen LogP contribution in [0.15, 0.2) is 61.4 Å². The number of rotatable bonds is 8. The van der Waals surface area contributed by atoms with Crippen molar-refractivity contribution in [3.05, 3.63) is 67.0 Å². The van der Waals surface area contributed by atoms with Crippen molar-refractivity contribution in [1.29, 1.82) is 0 Å². The highest BCUT2D eigenvalue weighted by Crippen LogP contribution is 2.33. The molecule has 1 heterocycles. The quantitative estimate of drug-likeness (QED) is 0.504. The molecule has 0 saturated heterocycles. The SMILES string of the molecule is C=CC(=O)Nc1cc2c(N[C@H](C(=O)O)c3ccccc3)ncnc2cc1OCC. The first-order chi connectivity index (χ1) is 14.0. The lowest BCUT2D eigenvalue weighted by Crippen LogP contribution is -2.21. The maximum absolute atomic E-state index is 11.8. The second-order valence-electron chi connectivity index (χ2n) is 6.04. The van der Waals surface area contributed by atoms with Crippen molar-refractivity contribution in [2.45, 2.75) is 13.0 Å². The Labute approximate surface area is 167 Å². The van der Waals surface area contributed by atoms with Crippen molar-refractivity contribution in [2.24, 2.45) is 0 Å². The highest BCUT2D eigenvalue weighted by atomic mass is 16.5. The maximum Gasteiger partial charge on any atom is 0.330 e. The van der Waals surface area contributed by atoms with Crippen LogP contribution in [0.5, 0.6) is 5.75 Å². The molecule has 8 nitrogen and oxygen atoms in total. The molecule has 0 spiro atoms. The number of amides is 1. The molecule has 1 amide bonds. The molecule has 1 aromatic heterocycles. The van der Waals surface area contributed by atoms with Crippen LogP contribution >= 0.6 is 0 Å². The molecular weight excluding hydrogens is 372 g/mol. The van der Waals surface area contributed by atoms with Gasteiger partial charge in [0.1, 0.15) is 17.9 Å². The fourth-order valence-corrected chi connectivity index (χ4v) is 2.83. The van der Waals surface area contributed by atoms with Gasteiger partial charge < -0.3 is 20.5 Å². The molecule has 0 bridgehead atoms. The minimum atomic E-state index is -1.05. The van der Waals surface area contributed by atoms with E-state index in [0.29, 0.717) is 40.3 Å². The third-order valence-corrected chi connectivity index (χ3v) is 4.14. The summed E-state index contributed by atoms with van der Waals surface area (Å²) in [6, 6.07) is 11.1. The summed E-state index contributed by atoms with van der Waals surface area (Å²) in [5, 5.41) is 15.9. The van der Waals surface area contributed by atoms with Gasteiger partial charge in [-0.05, 0) is 24.6 Å². The molecular formula is C21H20N4O4. The number of aliphatic carboxylic acids is 1. The molecule has 0 unspecified atom stereocenters. The summed E-state index contributed by atoms with van der Waals surface area (Å²) in [6.45, 7) is 5.67. The summed E-state index contributed by atoms with van der Waals surface area (Å²) in [4.78, 5) is 32.1. The number of hydrogen-bond acceptors (Lipinski definition) is 6. The normalized spacial score (nSPS) is 11.5. The summed E-state index contributed by atoms with van der Waals surface area (Å²) >= 11 is 0. The monoisotopic (exact) mass is 392 g/mol. The van der Waals surface area contributed by atoms with Gasteiger partial charge >= 0.3 is 5.97 Å². The number of fused-ring (bicyclic) bond motifs is 1. The van der Waals surface area contributed by atoms with Crippen LogP contribution in [0.2, 0.25) is 0 Å². The number of aromatic nitrogens is 2. The minimum absolute atomic E-state index is 0.323. The topological polar surface area (TPSA) is 113 Å². The van der Waals surface area contributed by atoms with E-state index in [4.69, 9.17) is 4.74 Å². The van der Waals surface area contributed by atoms with Crippen LogP contribution in [0, 0.1) is 0 Å². The van der Waals surface area contributed by atoms with Crippen LogP contribution in [-0.4, -0.2) is 33.6 Å². The molecule has 0 aliphatic carbocycles. The molecule has 3 rings (SSSR count). The average molecular weight is 392 g/mol. The summed E-state index contributed by atoms with van der Waals surface area (Å²) in [6.07, 6.45) is 2.49. The summed E-state index contributed by atoms with van der Waals surface area (Å²) < 4.78 is 5.60. The fraction of sp³-hybridized carbons (Fsp3) is 0.143. The fourth-order valence-electron chi connectivity index (χ4n) is 2.83. The van der Waals surface area contributed by atoms with Crippen LogP contribution in [-0.2, 0) is 9.59 Å². The van der Waals surface area contributed by atoms with Gasteiger partial charge in [0.25, 0.3) is 0 Å². The largest absolute Gasteiger partial charge is 0.492 e. The van der Waals surface area contributed by atoms with Gasteiger partial charge in [0.15, 0.2) is 6.04 Å². The third-order valence-electron chi connectivity index (χ3n) is 4.14. The zero-order valence-corrected chi connectivity index (χ0v) is 15.8. The van der Waals surface area contributed by atoms with Gasteiger partial charge in [-0.2, -0.15) is 0 Å². The van der Waals surface area contributed by atoms with Crippen molar-refractivity contribution in [3.63, 3.8) is 0 Å². The molecule has 0 fully saturated rings. The van der Waals surface area contributed by atoms with Gasteiger partial charge in [-0.15, -0.1) is 0 Å². The predicted molar refractivity (Wildman–Crippen MR) is 110 cm³/mol. The number of nitrogens with zero attached hydrogens (tertiary/aromatic N) is 2. The van der Waals surface area contributed by atoms with Crippen molar-refractivity contribution in [2.75, 3.05) is 17.2 Å². The van der Waals surface area contributed by atoms with Crippen LogP contribution in [0.1, 0.15) is 18.5 Å². The van der Waals surface area contributed by atoms with Gasteiger partial charge in [0.05, 0.1) is 17.8 Å². The molecule has 0 aliphatic rings. The summed E-state index contributed by atoms with van der Waals surface area (Å²) in [5.74, 6) is -0.681. The van der Waals surface area contributed by atoms with Gasteiger partial charge in [0, 0.05) is 11.5 Å². The van der Waals surface area contributed by atoms with Crippen molar-refractivity contribution in [1.82, 2.24) is 9.97 Å². The maximum atomic E-state index is 11.8. The molecule has 0 radical (unpaired) electrons. The van der Waals surface area contributed by atoms with Crippen molar-refractivity contribution < 1.29 is 19.4 Å². The predicted octanol–water partition coefficient (Wildman–Crippen LogP) is 3.39. The first kappa shape index (κ1) is 19.8. The third kappa shape index (κ3) is 4.49. The standard InChI is InChI=1S/C21H20N4O4/c1-3-18(26)24-16-10-14-15(11-17(16)29-4-2)22-12-23-20(14)25-19(21(27)28)13-8-6-5-7-9-13/h3,5-12,19H,1,4H2,2H3,(H,24,26)(H,27,28)(H,22,23,25)/t19-/m0/s1. The van der Waals surface area contributed by atoms with E-state index in [-0.39, 0.29) is 0 Å². The number of ether oxygens (including phenoxy) is 1. The molecule has 8 heteroatoms. The Balaban J connectivity index is 2.07. The highest BCUT2D eigenvalue weighted by molar-refractivity contribution is 6.03. The van der Waals surface area contributed by atoms with Gasteiger partial charge in [-0.25, -0.2) is 14.8 Å². The van der Waals surface area contributed by atoms with Gasteiger partial charge in [-0.3, -0.25) is 4.79 Å². The molecule has 1 atom stereocenters. The van der Waals surface area contributed by atoms with E-state index >= 15 is 0 Å². The van der Waals surface area contributed by atoms with Crippen molar-refractivity contribution in [3.8, 4) is 5.75 Å². The number of carbonyl (C=O) groups excluding carboxylic acids is 1. The Hall–Kier alpha value is -3.94. The smallest absolute Gasteiger partial charge is 0.330 e. The summed E-state index contributed by atoms with van der Waals surface area (Å²) in [5.41, 5.74) is 1.53. The lowest BCUT2D eigenvalue weighted by molar-refractivity contribution is -0.138. The second-order valence-corrected chi connectivity index (χ2v) is 6.04. The lowest BCUT2D eigenvalue weighted by atomic mass is 10.1. The number of hydrogen-bond donors (Lipinski definition) is 3. The van der Waals surface area contributed by atoms with E-state index in [0.717, 1.165) is 6.08 Å². The van der Waals surface area contributed by atoms with Gasteiger partial charge in [0.2, 0.25) is 5.91 Å². The number of carboxylic acid groups (broad SMARTS) is 1. The molecule has 3 aromatic rings. The molecule has 148 valence electrons. The first-order valence-electron chi connectivity index (χ1n) is 8.92. The highest BCUT2D eigenvalue weighted by Gasteiger charge is 2.21. The van der Waals surface area contributed by atoms with Crippen LogP contribution in [0.25, 0.3) is 10.9 Å². The zero-order chi connectivity index (χ0) is 20.8. The molecule has 0 saturated carbocycles. The minimum Gasteiger partial charge on any atom is -0.492 e. The average Bonchev–Trinajstić information content (AvgIpc) is 2.73. The number of nitrogens with one attached hydrogen (secondary N) is 2. The van der Waals surface area contributed by atoms with E-state index in [1.54, 1.807) is 36.4 Å². The van der Waals surface area contributed by atoms with Crippen LogP contribution < -0.4 is 15.4 Å². The van der Waals surface area contributed by atoms with Crippen LogP contribution in [0.4, 0.5) is 11.5 Å². The molecule has 2 aromatic carbocycles. The van der Waals surface area contributed by atoms with E-state index in [9.17, 15) is 14.7 Å². The number of carboxylic acids is 1. The Morgan fingerprint density at radius 2 is 2.00 bits per heavy atom. The van der Waals surface area contributed by atoms with E-state index in [1.807, 2.05) is 13.0 Å². The molecule has 0 aliphatic heterocycles. The molecule has 29 heavy (non-hydrogen) atoms. The lowest BCUT2D eigenvalue weighted by Gasteiger charge is -2.18. The number of carbonyl (C=O) groups is 2. The Bertz CT molecular complexity index is 1050. The zero-order valence-electron chi connectivity index (χ0n) is 15.8. The van der Waals surface area contributed by atoms with E-state index in [2.05, 4.69) is 27.2 Å². The number of anilines is 2. The molecule has 3 N–H and O–H groups in total. The summed E-state index contributed by atoms with van der Waals surface area (Å²) in [7, 11) is 0. The van der Waals surface area contributed by atoms with E-state index in [1.165, 1.54) is 6.33 Å².